The molecule has 0 spiro atoms. The van der Waals surface area contributed by atoms with Crippen LogP contribution in [0.5, 0.6) is 11.5 Å². The second-order valence-corrected chi connectivity index (χ2v) is 3.82. The number of hydrogen-bond donors (Lipinski definition) is 2. The molecule has 0 bridgehead atoms. The van der Waals surface area contributed by atoms with Gasteiger partial charge in [-0.15, -0.1) is 0 Å². The number of hydrogen-bond acceptors (Lipinski definition) is 5. The van der Waals surface area contributed by atoms with Gasteiger partial charge in [-0.25, -0.2) is 4.98 Å². The molecule has 0 atom stereocenters. The molecule has 0 radical (unpaired) electrons. The van der Waals surface area contributed by atoms with Gasteiger partial charge < -0.3 is 19.8 Å². The van der Waals surface area contributed by atoms with Gasteiger partial charge in [0, 0.05) is 6.54 Å². The van der Waals surface area contributed by atoms with Gasteiger partial charge in [0.05, 0.1) is 20.5 Å². The maximum absolute atomic E-state index is 11.5. The Morgan fingerprint density at radius 3 is 2.89 bits per heavy atom. The maximum Gasteiger partial charge on any atom is 0.295 e. The molecular formula is C13H15N3O3. The van der Waals surface area contributed by atoms with Gasteiger partial charge in [-0.3, -0.25) is 4.79 Å². The first kappa shape index (κ1) is 12.9. The second kappa shape index (κ2) is 5.90. The lowest BCUT2D eigenvalue weighted by molar-refractivity contribution is 0.408. The van der Waals surface area contributed by atoms with Crippen LogP contribution in [0.2, 0.25) is 0 Å². The average molecular weight is 261 g/mol. The van der Waals surface area contributed by atoms with E-state index in [1.54, 1.807) is 7.11 Å². The van der Waals surface area contributed by atoms with E-state index in [-0.39, 0.29) is 11.3 Å². The van der Waals surface area contributed by atoms with E-state index >= 15 is 0 Å². The molecule has 19 heavy (non-hydrogen) atoms. The minimum atomic E-state index is -0.314. The van der Waals surface area contributed by atoms with Crippen molar-refractivity contribution >= 4 is 5.82 Å². The van der Waals surface area contributed by atoms with E-state index in [9.17, 15) is 4.79 Å². The topological polar surface area (TPSA) is 76.2 Å². The molecule has 0 aliphatic rings. The molecule has 0 fully saturated rings. The predicted octanol–water partition coefficient (Wildman–Crippen LogP) is 1.40. The average Bonchev–Trinajstić information content (AvgIpc) is 2.45. The van der Waals surface area contributed by atoms with E-state index in [4.69, 9.17) is 9.47 Å². The zero-order chi connectivity index (χ0) is 13.7. The molecule has 2 N–H and O–H groups in total. The Balaban J connectivity index is 2.14. The highest BCUT2D eigenvalue weighted by Crippen LogP contribution is 2.17. The standard InChI is InChI=1S/C13H15N3O3/c1-18-10-5-3-4-9(6-10)7-14-12-11(19-2)13(17)16-8-15-12/h3-6,8H,7H2,1-2H3,(H2,14,15,16,17). The van der Waals surface area contributed by atoms with E-state index in [0.717, 1.165) is 11.3 Å². The van der Waals surface area contributed by atoms with Gasteiger partial charge in [-0.1, -0.05) is 12.1 Å². The number of aromatic nitrogens is 2. The summed E-state index contributed by atoms with van der Waals surface area (Å²) >= 11 is 0. The molecule has 6 heteroatoms. The lowest BCUT2D eigenvalue weighted by atomic mass is 10.2. The summed E-state index contributed by atoms with van der Waals surface area (Å²) in [7, 11) is 3.05. The molecule has 0 saturated carbocycles. The SMILES string of the molecule is COc1cccc(CNc2nc[nH]c(=O)c2OC)c1. The highest BCUT2D eigenvalue weighted by Gasteiger charge is 2.08. The summed E-state index contributed by atoms with van der Waals surface area (Å²) in [5, 5.41) is 3.06. The number of methoxy groups -OCH3 is 2. The van der Waals surface area contributed by atoms with Crippen LogP contribution in [0.3, 0.4) is 0 Å². The Labute approximate surface area is 110 Å². The largest absolute Gasteiger partial charge is 0.497 e. The molecule has 100 valence electrons. The van der Waals surface area contributed by atoms with Crippen molar-refractivity contribution in [3.8, 4) is 11.5 Å². The molecule has 0 aliphatic heterocycles. The van der Waals surface area contributed by atoms with Crippen molar-refractivity contribution in [3.05, 3.63) is 46.5 Å². The van der Waals surface area contributed by atoms with Crippen molar-refractivity contribution in [2.24, 2.45) is 0 Å². The van der Waals surface area contributed by atoms with Crippen LogP contribution in [0, 0.1) is 0 Å². The first-order valence-electron chi connectivity index (χ1n) is 5.73. The minimum absolute atomic E-state index is 0.172. The second-order valence-electron chi connectivity index (χ2n) is 3.82. The van der Waals surface area contributed by atoms with Crippen molar-refractivity contribution in [2.45, 2.75) is 6.54 Å². The smallest absolute Gasteiger partial charge is 0.295 e. The normalized spacial score (nSPS) is 10.0. The molecule has 1 heterocycles. The van der Waals surface area contributed by atoms with Gasteiger partial charge in [-0.05, 0) is 17.7 Å². The molecule has 0 aliphatic carbocycles. The molecule has 0 amide bonds. The lowest BCUT2D eigenvalue weighted by Crippen LogP contribution is -2.14. The van der Waals surface area contributed by atoms with Gasteiger partial charge >= 0.3 is 0 Å². The van der Waals surface area contributed by atoms with Gasteiger partial charge in [0.2, 0.25) is 5.75 Å². The van der Waals surface area contributed by atoms with Crippen LogP contribution in [0.4, 0.5) is 5.82 Å². The molecule has 2 rings (SSSR count). The molecular weight excluding hydrogens is 246 g/mol. The highest BCUT2D eigenvalue weighted by molar-refractivity contribution is 5.48. The van der Waals surface area contributed by atoms with Gasteiger partial charge in [0.25, 0.3) is 5.56 Å². The number of ether oxygens (including phenoxy) is 2. The molecule has 2 aromatic rings. The highest BCUT2D eigenvalue weighted by atomic mass is 16.5. The number of nitrogens with zero attached hydrogens (tertiary/aromatic N) is 1. The van der Waals surface area contributed by atoms with E-state index in [0.29, 0.717) is 12.4 Å². The zero-order valence-corrected chi connectivity index (χ0v) is 10.8. The zero-order valence-electron chi connectivity index (χ0n) is 10.8. The van der Waals surface area contributed by atoms with Gasteiger partial charge in [0.1, 0.15) is 5.75 Å². The maximum atomic E-state index is 11.5. The third-order valence-electron chi connectivity index (χ3n) is 2.61. The van der Waals surface area contributed by atoms with Crippen molar-refractivity contribution in [2.75, 3.05) is 19.5 Å². The summed E-state index contributed by atoms with van der Waals surface area (Å²) in [6.45, 7) is 0.518. The third-order valence-corrected chi connectivity index (χ3v) is 2.61. The summed E-state index contributed by atoms with van der Waals surface area (Å²) in [6.07, 6.45) is 1.33. The van der Waals surface area contributed by atoms with Gasteiger partial charge in [0.15, 0.2) is 5.82 Å². The van der Waals surface area contributed by atoms with Gasteiger partial charge in [-0.2, -0.15) is 0 Å². The van der Waals surface area contributed by atoms with Crippen molar-refractivity contribution in [1.29, 1.82) is 0 Å². The Kier molecular flexibility index (Phi) is 4.02. The first-order valence-corrected chi connectivity index (χ1v) is 5.73. The van der Waals surface area contributed by atoms with Crippen LogP contribution >= 0.6 is 0 Å². The fraction of sp³-hybridized carbons (Fsp3) is 0.231. The third kappa shape index (κ3) is 3.04. The summed E-state index contributed by atoms with van der Waals surface area (Å²) in [6, 6.07) is 7.63. The monoisotopic (exact) mass is 261 g/mol. The summed E-state index contributed by atoms with van der Waals surface area (Å²) in [4.78, 5) is 18.0. The Morgan fingerprint density at radius 2 is 2.16 bits per heavy atom. The van der Waals surface area contributed by atoms with Crippen LogP contribution < -0.4 is 20.3 Å². The lowest BCUT2D eigenvalue weighted by Gasteiger charge is -2.09. The first-order chi connectivity index (χ1) is 9.24. The van der Waals surface area contributed by atoms with Crippen LogP contribution in [-0.2, 0) is 6.54 Å². The number of benzene rings is 1. The van der Waals surface area contributed by atoms with E-state index in [1.807, 2.05) is 24.3 Å². The van der Waals surface area contributed by atoms with Crippen molar-refractivity contribution < 1.29 is 9.47 Å². The fourth-order valence-electron chi connectivity index (χ4n) is 1.67. The van der Waals surface area contributed by atoms with Crippen LogP contribution in [0.25, 0.3) is 0 Å². The van der Waals surface area contributed by atoms with Crippen LogP contribution in [0.1, 0.15) is 5.56 Å². The Bertz CT molecular complexity index is 610. The Hall–Kier alpha value is -2.50. The van der Waals surface area contributed by atoms with Crippen molar-refractivity contribution in [3.63, 3.8) is 0 Å². The molecule has 1 aromatic carbocycles. The molecule has 6 nitrogen and oxygen atoms in total. The van der Waals surface area contributed by atoms with Crippen molar-refractivity contribution in [1.82, 2.24) is 9.97 Å². The Morgan fingerprint density at radius 1 is 1.32 bits per heavy atom. The quantitative estimate of drug-likeness (QED) is 0.850. The van der Waals surface area contributed by atoms with E-state index in [1.165, 1.54) is 13.4 Å². The van der Waals surface area contributed by atoms with Crippen LogP contribution in [0.15, 0.2) is 35.4 Å². The van der Waals surface area contributed by atoms with E-state index < -0.39 is 0 Å². The summed E-state index contributed by atoms with van der Waals surface area (Å²) in [5.41, 5.74) is 0.703. The minimum Gasteiger partial charge on any atom is -0.497 e. The number of rotatable bonds is 5. The number of aromatic amines is 1. The number of nitrogens with one attached hydrogen (secondary N) is 2. The molecule has 0 unspecified atom stereocenters. The predicted molar refractivity (Wildman–Crippen MR) is 71.7 cm³/mol. The number of H-pyrrole nitrogens is 1. The fourth-order valence-corrected chi connectivity index (χ4v) is 1.67. The van der Waals surface area contributed by atoms with E-state index in [2.05, 4.69) is 15.3 Å². The van der Waals surface area contributed by atoms with Crippen LogP contribution in [-0.4, -0.2) is 24.2 Å². The molecule has 0 saturated heterocycles. The summed E-state index contributed by atoms with van der Waals surface area (Å²) < 4.78 is 10.2. The molecule has 1 aromatic heterocycles. The number of anilines is 1. The summed E-state index contributed by atoms with van der Waals surface area (Å²) in [5.74, 6) is 1.37.